The molecule has 0 bridgehead atoms. The predicted octanol–water partition coefficient (Wildman–Crippen LogP) is 4.28. The minimum absolute atomic E-state index is 0.0702. The second-order valence-corrected chi connectivity index (χ2v) is 7.40. The van der Waals surface area contributed by atoms with E-state index in [1.807, 2.05) is 62.8 Å². The number of aromatic nitrogens is 2. The zero-order valence-corrected chi connectivity index (χ0v) is 17.2. The molecule has 1 N–H and O–H groups in total. The number of hydrogen-bond donors (Lipinski definition) is 1. The first-order valence-electron chi connectivity index (χ1n) is 9.08. The number of carbonyl (C=O) groups excluding carboxylic acids is 1. The van der Waals surface area contributed by atoms with Crippen molar-refractivity contribution in [1.82, 2.24) is 14.9 Å². The standard InChI is InChI=1S/C22H24ClN3O2/c1-14-11-15(2)21(16(3)12-14)28-13-19(27)25-20(22-24-9-10-26(22)4)17-5-7-18(23)8-6-17/h5-12,20H,13H2,1-4H3,(H,25,27)/t20-/m0/s1. The first kappa shape index (κ1) is 20.0. The van der Waals surface area contributed by atoms with Crippen molar-refractivity contribution >= 4 is 17.5 Å². The Balaban J connectivity index is 1.77. The van der Waals surface area contributed by atoms with Crippen molar-refractivity contribution < 1.29 is 9.53 Å². The fraction of sp³-hybridized carbons (Fsp3) is 0.273. The Labute approximate surface area is 170 Å². The minimum Gasteiger partial charge on any atom is -0.483 e. The van der Waals surface area contributed by atoms with E-state index in [0.29, 0.717) is 5.02 Å². The molecule has 146 valence electrons. The van der Waals surface area contributed by atoms with Crippen LogP contribution < -0.4 is 10.1 Å². The summed E-state index contributed by atoms with van der Waals surface area (Å²) in [6, 6.07) is 11.1. The van der Waals surface area contributed by atoms with E-state index in [4.69, 9.17) is 16.3 Å². The lowest BCUT2D eigenvalue weighted by atomic mass is 10.1. The number of halogens is 1. The third kappa shape index (κ3) is 4.54. The third-order valence-corrected chi connectivity index (χ3v) is 4.83. The van der Waals surface area contributed by atoms with E-state index in [2.05, 4.69) is 10.3 Å². The van der Waals surface area contributed by atoms with Crippen LogP contribution in [0.4, 0.5) is 0 Å². The van der Waals surface area contributed by atoms with E-state index in [1.165, 1.54) is 5.56 Å². The fourth-order valence-electron chi connectivity index (χ4n) is 3.34. The van der Waals surface area contributed by atoms with Gasteiger partial charge >= 0.3 is 0 Å². The molecular weight excluding hydrogens is 374 g/mol. The van der Waals surface area contributed by atoms with Crippen molar-refractivity contribution in [3.05, 3.63) is 81.9 Å². The Morgan fingerprint density at radius 1 is 1.18 bits per heavy atom. The summed E-state index contributed by atoms with van der Waals surface area (Å²) in [5, 5.41) is 3.67. The van der Waals surface area contributed by atoms with Gasteiger partial charge in [0.05, 0.1) is 0 Å². The van der Waals surface area contributed by atoms with E-state index < -0.39 is 6.04 Å². The smallest absolute Gasteiger partial charge is 0.258 e. The molecule has 1 amide bonds. The minimum atomic E-state index is -0.395. The van der Waals surface area contributed by atoms with Crippen LogP contribution in [0.3, 0.4) is 0 Å². The molecule has 1 aromatic heterocycles. The van der Waals surface area contributed by atoms with Crippen molar-refractivity contribution in [1.29, 1.82) is 0 Å². The van der Waals surface area contributed by atoms with Crippen LogP contribution in [0.2, 0.25) is 5.02 Å². The molecule has 0 aliphatic heterocycles. The van der Waals surface area contributed by atoms with Crippen LogP contribution >= 0.6 is 11.6 Å². The maximum absolute atomic E-state index is 12.7. The summed E-state index contributed by atoms with van der Waals surface area (Å²) in [6.07, 6.45) is 3.56. The van der Waals surface area contributed by atoms with Gasteiger partial charge in [-0.15, -0.1) is 0 Å². The highest BCUT2D eigenvalue weighted by Crippen LogP contribution is 2.25. The van der Waals surface area contributed by atoms with Crippen LogP contribution in [-0.2, 0) is 11.8 Å². The summed E-state index contributed by atoms with van der Waals surface area (Å²) in [6.45, 7) is 5.94. The van der Waals surface area contributed by atoms with Crippen LogP contribution in [0, 0.1) is 20.8 Å². The third-order valence-electron chi connectivity index (χ3n) is 4.58. The Bertz CT molecular complexity index is 957. The van der Waals surface area contributed by atoms with Crippen LogP contribution in [0.5, 0.6) is 5.75 Å². The first-order valence-corrected chi connectivity index (χ1v) is 9.45. The maximum Gasteiger partial charge on any atom is 0.258 e. The Kier molecular flexibility index (Phi) is 6.05. The maximum atomic E-state index is 12.7. The number of nitrogens with zero attached hydrogens (tertiary/aromatic N) is 2. The molecular formula is C22H24ClN3O2. The number of ether oxygens (including phenoxy) is 1. The summed E-state index contributed by atoms with van der Waals surface area (Å²) in [5.41, 5.74) is 4.10. The van der Waals surface area contributed by atoms with Crippen LogP contribution in [0.15, 0.2) is 48.8 Å². The molecule has 5 nitrogen and oxygen atoms in total. The van der Waals surface area contributed by atoms with Gasteiger partial charge in [0.1, 0.15) is 17.6 Å². The zero-order valence-electron chi connectivity index (χ0n) is 16.5. The van der Waals surface area contributed by atoms with Gasteiger partial charge in [-0.1, -0.05) is 41.4 Å². The quantitative estimate of drug-likeness (QED) is 0.675. The van der Waals surface area contributed by atoms with Crippen LogP contribution in [-0.4, -0.2) is 22.1 Å². The van der Waals surface area contributed by atoms with Gasteiger partial charge in [0.2, 0.25) is 0 Å². The largest absolute Gasteiger partial charge is 0.483 e. The normalized spacial score (nSPS) is 11.9. The molecule has 3 rings (SSSR count). The average Bonchev–Trinajstić information content (AvgIpc) is 3.05. The monoisotopic (exact) mass is 397 g/mol. The lowest BCUT2D eigenvalue weighted by molar-refractivity contribution is -0.123. The topological polar surface area (TPSA) is 56.1 Å². The Hall–Kier alpha value is -2.79. The van der Waals surface area contributed by atoms with Crippen LogP contribution in [0.1, 0.15) is 34.1 Å². The summed E-state index contributed by atoms with van der Waals surface area (Å²) in [7, 11) is 1.90. The van der Waals surface area contributed by atoms with E-state index in [9.17, 15) is 4.79 Å². The number of hydrogen-bond acceptors (Lipinski definition) is 3. The summed E-state index contributed by atoms with van der Waals surface area (Å²) in [5.74, 6) is 1.27. The highest BCUT2D eigenvalue weighted by Gasteiger charge is 2.21. The molecule has 28 heavy (non-hydrogen) atoms. The lowest BCUT2D eigenvalue weighted by Crippen LogP contribution is -2.34. The molecule has 0 saturated carbocycles. The van der Waals surface area contributed by atoms with Gasteiger partial charge in [-0.05, 0) is 49.6 Å². The van der Waals surface area contributed by atoms with Gasteiger partial charge in [-0.2, -0.15) is 0 Å². The average molecular weight is 398 g/mol. The highest BCUT2D eigenvalue weighted by molar-refractivity contribution is 6.30. The number of amides is 1. The van der Waals surface area contributed by atoms with E-state index in [0.717, 1.165) is 28.3 Å². The van der Waals surface area contributed by atoms with E-state index in [1.54, 1.807) is 18.3 Å². The number of nitrogens with one attached hydrogen (secondary N) is 1. The number of carbonyl (C=O) groups is 1. The van der Waals surface area contributed by atoms with Crippen LogP contribution in [0.25, 0.3) is 0 Å². The molecule has 0 radical (unpaired) electrons. The van der Waals surface area contributed by atoms with Crippen molar-refractivity contribution in [3.63, 3.8) is 0 Å². The SMILES string of the molecule is Cc1cc(C)c(OCC(=O)N[C@@H](c2ccc(Cl)cc2)c2nccn2C)c(C)c1. The number of rotatable bonds is 6. The van der Waals surface area contributed by atoms with Gasteiger partial charge in [-0.25, -0.2) is 4.98 Å². The lowest BCUT2D eigenvalue weighted by Gasteiger charge is -2.20. The molecule has 0 spiro atoms. The Morgan fingerprint density at radius 3 is 2.39 bits per heavy atom. The number of benzene rings is 2. The number of imidazole rings is 1. The summed E-state index contributed by atoms with van der Waals surface area (Å²) >= 11 is 6.01. The van der Waals surface area contributed by atoms with Gasteiger partial charge < -0.3 is 14.6 Å². The van der Waals surface area contributed by atoms with Gasteiger partial charge in [0.25, 0.3) is 5.91 Å². The van der Waals surface area contributed by atoms with Crippen molar-refractivity contribution in [3.8, 4) is 5.75 Å². The molecule has 2 aromatic carbocycles. The molecule has 0 saturated heterocycles. The van der Waals surface area contributed by atoms with E-state index >= 15 is 0 Å². The van der Waals surface area contributed by atoms with E-state index in [-0.39, 0.29) is 12.5 Å². The molecule has 3 aromatic rings. The molecule has 0 aliphatic carbocycles. The predicted molar refractivity (Wildman–Crippen MR) is 111 cm³/mol. The second-order valence-electron chi connectivity index (χ2n) is 6.96. The van der Waals surface area contributed by atoms with Gasteiger partial charge in [-0.3, -0.25) is 4.79 Å². The second kappa shape index (κ2) is 8.48. The van der Waals surface area contributed by atoms with Gasteiger partial charge in [0.15, 0.2) is 6.61 Å². The van der Waals surface area contributed by atoms with Crippen molar-refractivity contribution in [2.45, 2.75) is 26.8 Å². The molecule has 0 fully saturated rings. The Morgan fingerprint density at radius 2 is 1.82 bits per heavy atom. The zero-order chi connectivity index (χ0) is 20.3. The van der Waals surface area contributed by atoms with Gasteiger partial charge in [0, 0.05) is 24.5 Å². The molecule has 0 unspecified atom stereocenters. The molecule has 0 aliphatic rings. The van der Waals surface area contributed by atoms with Crippen molar-refractivity contribution in [2.75, 3.05) is 6.61 Å². The first-order chi connectivity index (χ1) is 13.3. The summed E-state index contributed by atoms with van der Waals surface area (Å²) < 4.78 is 7.71. The summed E-state index contributed by atoms with van der Waals surface area (Å²) in [4.78, 5) is 17.1. The van der Waals surface area contributed by atoms with Crippen molar-refractivity contribution in [2.24, 2.45) is 7.05 Å². The molecule has 6 heteroatoms. The molecule has 1 atom stereocenters. The fourth-order valence-corrected chi connectivity index (χ4v) is 3.47. The molecule has 1 heterocycles. The highest BCUT2D eigenvalue weighted by atomic mass is 35.5. The number of aryl methyl sites for hydroxylation is 4.